The molecule has 0 aromatic heterocycles. The molecule has 2 N–H and O–H groups in total. The lowest BCUT2D eigenvalue weighted by Crippen LogP contribution is -2.29. The third kappa shape index (κ3) is 1.45. The fourth-order valence-corrected chi connectivity index (χ4v) is 1.70. The van der Waals surface area contributed by atoms with Gasteiger partial charge in [0.25, 0.3) is 0 Å². The summed E-state index contributed by atoms with van der Waals surface area (Å²) in [5, 5.41) is 12.8. The van der Waals surface area contributed by atoms with E-state index in [0.29, 0.717) is 0 Å². The number of rotatable bonds is 2. The van der Waals surface area contributed by atoms with Gasteiger partial charge in [-0.25, -0.2) is 0 Å². The Balaban J connectivity index is 2.18. The number of para-hydroxylation sites is 1. The second-order valence-corrected chi connectivity index (χ2v) is 3.34. The minimum Gasteiger partial charge on any atom is -0.387 e. The van der Waals surface area contributed by atoms with Crippen LogP contribution in [0.5, 0.6) is 0 Å². The van der Waals surface area contributed by atoms with E-state index in [1.807, 2.05) is 18.2 Å². The number of hydrogen-bond donors (Lipinski definition) is 2. The lowest BCUT2D eigenvalue weighted by atomic mass is 10.1. The summed E-state index contributed by atoms with van der Waals surface area (Å²) in [5.41, 5.74) is 2.40. The van der Waals surface area contributed by atoms with Crippen molar-refractivity contribution >= 4 is 5.69 Å². The van der Waals surface area contributed by atoms with E-state index in [9.17, 15) is 5.11 Å². The molecule has 0 spiro atoms. The van der Waals surface area contributed by atoms with E-state index >= 15 is 0 Å². The molecule has 1 heterocycles. The highest BCUT2D eigenvalue weighted by Crippen LogP contribution is 2.26. The van der Waals surface area contributed by atoms with Crippen LogP contribution in [0.25, 0.3) is 0 Å². The first-order chi connectivity index (χ1) is 6.31. The van der Waals surface area contributed by atoms with Crippen LogP contribution in [0.1, 0.15) is 5.56 Å². The number of benzene rings is 1. The molecule has 2 atom stereocenters. The van der Waals surface area contributed by atoms with Crippen molar-refractivity contribution in [1.82, 2.24) is 0 Å². The molecule has 1 aliphatic rings. The zero-order valence-corrected chi connectivity index (χ0v) is 7.40. The summed E-state index contributed by atoms with van der Waals surface area (Å²) in [4.78, 5) is 0. The van der Waals surface area contributed by atoms with Crippen LogP contribution in [0.2, 0.25) is 0 Å². The van der Waals surface area contributed by atoms with Gasteiger partial charge in [-0.05, 0) is 18.1 Å². The molecule has 0 saturated carbocycles. The van der Waals surface area contributed by atoms with Gasteiger partial charge in [0.1, 0.15) is 0 Å². The van der Waals surface area contributed by atoms with E-state index in [-0.39, 0.29) is 6.04 Å². The zero-order chi connectivity index (χ0) is 9.26. The molecule has 1 aliphatic heterocycles. The maximum atomic E-state index is 9.55. The molecule has 0 fully saturated rings. The Morgan fingerprint density at radius 3 is 3.00 bits per heavy atom. The normalized spacial score (nSPS) is 21.8. The quantitative estimate of drug-likeness (QED) is 0.669. The molecule has 2 unspecified atom stereocenters. The van der Waals surface area contributed by atoms with E-state index in [0.717, 1.165) is 12.1 Å². The largest absolute Gasteiger partial charge is 0.387 e. The van der Waals surface area contributed by atoms with Crippen molar-refractivity contribution < 1.29 is 5.11 Å². The molecular weight excluding hydrogens is 162 g/mol. The van der Waals surface area contributed by atoms with E-state index in [1.54, 1.807) is 6.08 Å². The van der Waals surface area contributed by atoms with Crippen LogP contribution in [-0.2, 0) is 6.42 Å². The Bertz CT molecular complexity index is 297. The second-order valence-electron chi connectivity index (χ2n) is 3.34. The van der Waals surface area contributed by atoms with Crippen LogP contribution in [0.3, 0.4) is 0 Å². The maximum Gasteiger partial charge on any atom is 0.0922 e. The van der Waals surface area contributed by atoms with Crippen molar-refractivity contribution in [1.29, 1.82) is 0 Å². The summed E-state index contributed by atoms with van der Waals surface area (Å²) in [6.07, 6.45) is 1.99. The van der Waals surface area contributed by atoms with Crippen LogP contribution >= 0.6 is 0 Å². The molecule has 0 saturated heterocycles. The third-order valence-electron chi connectivity index (χ3n) is 2.45. The van der Waals surface area contributed by atoms with Gasteiger partial charge in [-0.3, -0.25) is 0 Å². The number of nitrogens with one attached hydrogen (secondary N) is 1. The Hall–Kier alpha value is -1.28. The smallest absolute Gasteiger partial charge is 0.0922 e. The number of aliphatic hydroxyl groups excluding tert-OH is 1. The fraction of sp³-hybridized carbons (Fsp3) is 0.273. The molecule has 1 aromatic carbocycles. The topological polar surface area (TPSA) is 32.3 Å². The molecule has 2 nitrogen and oxygen atoms in total. The van der Waals surface area contributed by atoms with Gasteiger partial charge in [-0.2, -0.15) is 0 Å². The maximum absolute atomic E-state index is 9.55. The number of anilines is 1. The summed E-state index contributed by atoms with van der Waals surface area (Å²) in [5.74, 6) is 0. The molecule has 0 aliphatic carbocycles. The first-order valence-electron chi connectivity index (χ1n) is 4.46. The van der Waals surface area contributed by atoms with Crippen molar-refractivity contribution in [2.45, 2.75) is 18.6 Å². The summed E-state index contributed by atoms with van der Waals surface area (Å²) in [6, 6.07) is 8.22. The first kappa shape index (κ1) is 8.32. The van der Waals surface area contributed by atoms with Crippen LogP contribution < -0.4 is 5.32 Å². The predicted molar refractivity (Wildman–Crippen MR) is 53.8 cm³/mol. The van der Waals surface area contributed by atoms with Crippen molar-refractivity contribution in [3.63, 3.8) is 0 Å². The van der Waals surface area contributed by atoms with Gasteiger partial charge in [-0.1, -0.05) is 24.3 Å². The molecule has 0 amide bonds. The van der Waals surface area contributed by atoms with E-state index < -0.39 is 6.10 Å². The van der Waals surface area contributed by atoms with Crippen LogP contribution in [0, 0.1) is 0 Å². The predicted octanol–water partition coefficient (Wildman–Crippen LogP) is 1.57. The molecule has 1 aromatic rings. The van der Waals surface area contributed by atoms with Crippen molar-refractivity contribution in [3.05, 3.63) is 42.5 Å². The van der Waals surface area contributed by atoms with Gasteiger partial charge in [-0.15, -0.1) is 6.58 Å². The Kier molecular flexibility index (Phi) is 2.07. The van der Waals surface area contributed by atoms with Gasteiger partial charge in [0.15, 0.2) is 0 Å². The van der Waals surface area contributed by atoms with Crippen molar-refractivity contribution in [2.75, 3.05) is 5.32 Å². The number of aliphatic hydroxyl groups is 1. The average Bonchev–Trinajstić information content (AvgIpc) is 2.59. The molecule has 2 heteroatoms. The minimum absolute atomic E-state index is 0.0925. The Morgan fingerprint density at radius 2 is 2.31 bits per heavy atom. The lowest BCUT2D eigenvalue weighted by molar-refractivity contribution is 0.202. The van der Waals surface area contributed by atoms with Crippen LogP contribution in [-0.4, -0.2) is 17.3 Å². The second kappa shape index (κ2) is 3.23. The molecule has 68 valence electrons. The van der Waals surface area contributed by atoms with Gasteiger partial charge < -0.3 is 10.4 Å². The summed E-state index contributed by atoms with van der Waals surface area (Å²) in [7, 11) is 0. The summed E-state index contributed by atoms with van der Waals surface area (Å²) in [6.45, 7) is 3.58. The molecule has 2 rings (SSSR count). The van der Waals surface area contributed by atoms with Gasteiger partial charge >= 0.3 is 0 Å². The van der Waals surface area contributed by atoms with E-state index in [4.69, 9.17) is 0 Å². The molecule has 0 radical (unpaired) electrons. The molecule has 13 heavy (non-hydrogen) atoms. The highest BCUT2D eigenvalue weighted by atomic mass is 16.3. The third-order valence-corrected chi connectivity index (χ3v) is 2.45. The fourth-order valence-electron chi connectivity index (χ4n) is 1.70. The van der Waals surface area contributed by atoms with Crippen molar-refractivity contribution in [3.8, 4) is 0 Å². The Labute approximate surface area is 77.9 Å². The lowest BCUT2D eigenvalue weighted by Gasteiger charge is -2.14. The summed E-state index contributed by atoms with van der Waals surface area (Å²) < 4.78 is 0. The standard InChI is InChI=1S/C11H13NO/c1-2-11(13)10-7-8-5-3-4-6-9(8)12-10/h2-6,10-13H,1,7H2. The summed E-state index contributed by atoms with van der Waals surface area (Å²) >= 11 is 0. The zero-order valence-electron chi connectivity index (χ0n) is 7.40. The Morgan fingerprint density at radius 1 is 1.54 bits per heavy atom. The highest BCUT2D eigenvalue weighted by molar-refractivity contribution is 5.57. The monoisotopic (exact) mass is 175 g/mol. The van der Waals surface area contributed by atoms with Gasteiger partial charge in [0, 0.05) is 5.69 Å². The molecular formula is C11H13NO. The van der Waals surface area contributed by atoms with Crippen LogP contribution in [0.4, 0.5) is 5.69 Å². The highest BCUT2D eigenvalue weighted by Gasteiger charge is 2.24. The van der Waals surface area contributed by atoms with Gasteiger partial charge in [0.05, 0.1) is 12.1 Å². The SMILES string of the molecule is C=CC(O)C1Cc2ccccc2N1. The average molecular weight is 175 g/mol. The van der Waals surface area contributed by atoms with Crippen LogP contribution in [0.15, 0.2) is 36.9 Å². The minimum atomic E-state index is -0.465. The number of fused-ring (bicyclic) bond motifs is 1. The number of hydrogen-bond acceptors (Lipinski definition) is 2. The first-order valence-corrected chi connectivity index (χ1v) is 4.46. The van der Waals surface area contributed by atoms with E-state index in [2.05, 4.69) is 18.0 Å². The van der Waals surface area contributed by atoms with Crippen molar-refractivity contribution in [2.24, 2.45) is 0 Å². The van der Waals surface area contributed by atoms with E-state index in [1.165, 1.54) is 5.56 Å². The van der Waals surface area contributed by atoms with Gasteiger partial charge in [0.2, 0.25) is 0 Å². The molecule has 0 bridgehead atoms.